The van der Waals surface area contributed by atoms with Crippen LogP contribution in [0.1, 0.15) is 53.2 Å². The van der Waals surface area contributed by atoms with Crippen molar-refractivity contribution in [1.29, 1.82) is 0 Å². The summed E-state index contributed by atoms with van der Waals surface area (Å²) in [6.45, 7) is 1.73. The Balaban J connectivity index is 1.28. The van der Waals surface area contributed by atoms with Crippen molar-refractivity contribution in [2.45, 2.75) is 37.8 Å². The molecule has 8 nitrogen and oxygen atoms in total. The van der Waals surface area contributed by atoms with E-state index in [0.29, 0.717) is 37.6 Å². The molecule has 10 heteroatoms. The van der Waals surface area contributed by atoms with Gasteiger partial charge in [-0.15, -0.1) is 21.5 Å². The van der Waals surface area contributed by atoms with Crippen LogP contribution in [-0.4, -0.2) is 55.2 Å². The summed E-state index contributed by atoms with van der Waals surface area (Å²) >= 11 is 3.07. The first-order valence-electron chi connectivity index (χ1n) is 11.4. The van der Waals surface area contributed by atoms with Crippen LogP contribution in [0.3, 0.4) is 0 Å². The number of hydrogen-bond acceptors (Lipinski definition) is 8. The van der Waals surface area contributed by atoms with Crippen molar-refractivity contribution in [1.82, 2.24) is 29.0 Å². The summed E-state index contributed by atoms with van der Waals surface area (Å²) < 4.78 is 12.0. The van der Waals surface area contributed by atoms with Gasteiger partial charge in [0.15, 0.2) is 16.7 Å². The van der Waals surface area contributed by atoms with E-state index < -0.39 is 0 Å². The molecule has 4 aromatic rings. The summed E-state index contributed by atoms with van der Waals surface area (Å²) in [7, 11) is 1.68. The number of nitrogens with zero attached hydrogens (tertiary/aromatic N) is 6. The number of amides is 1. The van der Waals surface area contributed by atoms with Gasteiger partial charge in [0.2, 0.25) is 0 Å². The monoisotopic (exact) mass is 492 g/mol. The number of ether oxygens (including phenoxy) is 1. The smallest absolute Gasteiger partial charge is 0.254 e. The van der Waals surface area contributed by atoms with E-state index in [4.69, 9.17) is 9.72 Å². The van der Waals surface area contributed by atoms with Crippen molar-refractivity contribution in [2.75, 3.05) is 20.3 Å². The fourth-order valence-electron chi connectivity index (χ4n) is 4.42. The summed E-state index contributed by atoms with van der Waals surface area (Å²) in [5.74, 6) is 2.95. The molecule has 1 atom stereocenters. The summed E-state index contributed by atoms with van der Waals surface area (Å²) in [6.07, 6.45) is 2.98. The second-order valence-electron chi connectivity index (χ2n) is 8.62. The molecular formula is C24H24N6O2S2. The highest BCUT2D eigenvalue weighted by Gasteiger charge is 2.36. The molecule has 1 amide bonds. The van der Waals surface area contributed by atoms with Crippen molar-refractivity contribution in [3.05, 3.63) is 59.0 Å². The number of carbonyl (C=O) groups excluding carboxylic acids is 1. The van der Waals surface area contributed by atoms with Crippen molar-refractivity contribution in [3.8, 4) is 21.3 Å². The maximum absolute atomic E-state index is 13.6. The van der Waals surface area contributed by atoms with E-state index >= 15 is 0 Å². The third-order valence-corrected chi connectivity index (χ3v) is 8.03. The molecule has 1 fully saturated rings. The SMILES string of the molecule is COCCC1c2nnc(-c3nc(C4CC4)ns3)n2CCN1C(=O)c1ccc(-c2cccs2)cc1. The molecule has 2 aliphatic rings. The van der Waals surface area contributed by atoms with Gasteiger partial charge in [-0.3, -0.25) is 4.79 Å². The number of fused-ring (bicyclic) bond motifs is 1. The molecule has 1 aliphatic heterocycles. The van der Waals surface area contributed by atoms with E-state index in [2.05, 4.69) is 30.6 Å². The van der Waals surface area contributed by atoms with Gasteiger partial charge >= 0.3 is 0 Å². The molecule has 0 N–H and O–H groups in total. The molecule has 1 saturated carbocycles. The molecule has 0 radical (unpaired) electrons. The maximum atomic E-state index is 13.6. The number of thiophene rings is 1. The average molecular weight is 493 g/mol. The molecule has 34 heavy (non-hydrogen) atoms. The van der Waals surface area contributed by atoms with E-state index in [1.165, 1.54) is 29.3 Å². The minimum absolute atomic E-state index is 0.00145. The number of benzene rings is 1. The zero-order valence-electron chi connectivity index (χ0n) is 18.8. The van der Waals surface area contributed by atoms with Gasteiger partial charge in [0.1, 0.15) is 5.82 Å². The van der Waals surface area contributed by atoms with Gasteiger partial charge in [0.25, 0.3) is 5.91 Å². The predicted molar refractivity (Wildman–Crippen MR) is 131 cm³/mol. The van der Waals surface area contributed by atoms with Crippen molar-refractivity contribution < 1.29 is 9.53 Å². The third kappa shape index (κ3) is 3.95. The maximum Gasteiger partial charge on any atom is 0.254 e. The lowest BCUT2D eigenvalue weighted by Gasteiger charge is -2.35. The molecule has 0 spiro atoms. The first-order valence-corrected chi connectivity index (χ1v) is 13.1. The van der Waals surface area contributed by atoms with Crippen LogP contribution in [0.4, 0.5) is 0 Å². The van der Waals surface area contributed by atoms with Gasteiger partial charge < -0.3 is 14.2 Å². The Bertz CT molecular complexity index is 1290. The normalized spacial score (nSPS) is 17.7. The van der Waals surface area contributed by atoms with Crippen molar-refractivity contribution in [2.24, 2.45) is 0 Å². The van der Waals surface area contributed by atoms with Crippen LogP contribution in [0.15, 0.2) is 41.8 Å². The Kier molecular flexibility index (Phi) is 5.72. The molecular weight excluding hydrogens is 468 g/mol. The predicted octanol–water partition coefficient (Wildman–Crippen LogP) is 4.64. The third-order valence-electron chi connectivity index (χ3n) is 6.39. The lowest BCUT2D eigenvalue weighted by atomic mass is 10.1. The highest BCUT2D eigenvalue weighted by molar-refractivity contribution is 7.13. The van der Waals surface area contributed by atoms with Gasteiger partial charge in [-0.05, 0) is 59.9 Å². The van der Waals surface area contributed by atoms with E-state index in [0.717, 1.165) is 28.0 Å². The van der Waals surface area contributed by atoms with Crippen molar-refractivity contribution >= 4 is 28.8 Å². The Labute approximate surface area is 205 Å². The van der Waals surface area contributed by atoms with Crippen LogP contribution < -0.4 is 0 Å². The second-order valence-corrected chi connectivity index (χ2v) is 10.3. The van der Waals surface area contributed by atoms with Crippen LogP contribution >= 0.6 is 22.9 Å². The highest BCUT2D eigenvalue weighted by Crippen LogP contribution is 2.40. The molecule has 1 unspecified atom stereocenters. The average Bonchev–Trinajstić information content (AvgIpc) is 3.26. The van der Waals surface area contributed by atoms with Gasteiger partial charge in [0.05, 0.1) is 6.04 Å². The Hall–Kier alpha value is -2.95. The van der Waals surface area contributed by atoms with Crippen LogP contribution in [0.5, 0.6) is 0 Å². The van der Waals surface area contributed by atoms with Gasteiger partial charge in [-0.2, -0.15) is 4.37 Å². The first-order chi connectivity index (χ1) is 16.7. The summed E-state index contributed by atoms with van der Waals surface area (Å²) in [5, 5.41) is 11.8. The number of hydrogen-bond donors (Lipinski definition) is 0. The molecule has 0 saturated heterocycles. The zero-order valence-corrected chi connectivity index (χ0v) is 20.4. The molecule has 1 aliphatic carbocycles. The lowest BCUT2D eigenvalue weighted by molar-refractivity contribution is 0.0557. The Morgan fingerprint density at radius 3 is 2.74 bits per heavy atom. The molecule has 6 rings (SSSR count). The summed E-state index contributed by atoms with van der Waals surface area (Å²) in [4.78, 5) is 21.4. The van der Waals surface area contributed by atoms with Crippen LogP contribution in [0, 0.1) is 0 Å². The number of methoxy groups -OCH3 is 1. The number of aromatic nitrogens is 5. The largest absolute Gasteiger partial charge is 0.385 e. The van der Waals surface area contributed by atoms with Crippen LogP contribution in [-0.2, 0) is 11.3 Å². The first kappa shape index (κ1) is 21.6. The van der Waals surface area contributed by atoms with E-state index in [9.17, 15) is 4.79 Å². The van der Waals surface area contributed by atoms with E-state index in [1.807, 2.05) is 35.2 Å². The lowest BCUT2D eigenvalue weighted by Crippen LogP contribution is -2.43. The molecule has 174 valence electrons. The second kappa shape index (κ2) is 9.01. The molecule has 1 aromatic carbocycles. The number of carbonyl (C=O) groups is 1. The van der Waals surface area contributed by atoms with Gasteiger partial charge in [-0.25, -0.2) is 4.98 Å². The minimum atomic E-state index is -0.213. The zero-order chi connectivity index (χ0) is 23.1. The highest BCUT2D eigenvalue weighted by atomic mass is 32.1. The molecule has 0 bridgehead atoms. The van der Waals surface area contributed by atoms with Gasteiger partial charge in [-0.1, -0.05) is 18.2 Å². The topological polar surface area (TPSA) is 86.0 Å². The molecule has 4 heterocycles. The standard InChI is InChI=1S/C24H24N6O2S2/c1-32-13-10-18-21-26-27-22(23-25-20(28-34-23)16-6-7-16)30(21)12-11-29(18)24(31)17-8-4-15(5-9-17)19-3-2-14-33-19/h2-5,8-9,14,16,18H,6-7,10-13H2,1H3. The van der Waals surface area contributed by atoms with Crippen LogP contribution in [0.25, 0.3) is 21.3 Å². The van der Waals surface area contributed by atoms with E-state index in [1.54, 1.807) is 18.4 Å². The molecule has 3 aromatic heterocycles. The summed E-state index contributed by atoms with van der Waals surface area (Å²) in [6, 6.07) is 11.8. The van der Waals surface area contributed by atoms with Crippen LogP contribution in [0.2, 0.25) is 0 Å². The van der Waals surface area contributed by atoms with E-state index in [-0.39, 0.29) is 11.9 Å². The summed E-state index contributed by atoms with van der Waals surface area (Å²) in [5.41, 5.74) is 1.79. The van der Waals surface area contributed by atoms with Crippen molar-refractivity contribution in [3.63, 3.8) is 0 Å². The Morgan fingerprint density at radius 2 is 2.00 bits per heavy atom. The minimum Gasteiger partial charge on any atom is -0.385 e. The quantitative estimate of drug-likeness (QED) is 0.374. The number of rotatable bonds is 7. The Morgan fingerprint density at radius 1 is 1.15 bits per heavy atom. The fraction of sp³-hybridized carbons (Fsp3) is 0.375. The fourth-order valence-corrected chi connectivity index (χ4v) is 5.89. The van der Waals surface area contributed by atoms with Gasteiger partial charge in [0, 0.05) is 43.2 Å².